The molecule has 6 aliphatic carbocycles. The summed E-state index contributed by atoms with van der Waals surface area (Å²) in [6.07, 6.45) is 20.9. The van der Waals surface area contributed by atoms with E-state index in [9.17, 15) is 14.7 Å². The third-order valence-corrected chi connectivity index (χ3v) is 19.7. The van der Waals surface area contributed by atoms with E-state index >= 15 is 0 Å². The number of carbonyl (C=O) groups is 2. The predicted octanol–water partition coefficient (Wildman–Crippen LogP) is 10.2. The van der Waals surface area contributed by atoms with Gasteiger partial charge in [-0.1, -0.05) is 66.0 Å². The Balaban J connectivity index is 0.976. The van der Waals surface area contributed by atoms with Crippen molar-refractivity contribution in [1.82, 2.24) is 15.1 Å². The lowest BCUT2D eigenvalue weighted by Crippen LogP contribution is -2.66. The average molecular weight is 792 g/mol. The highest BCUT2D eigenvalue weighted by Gasteiger charge is 2.71. The van der Waals surface area contributed by atoms with Gasteiger partial charge in [0.25, 0.3) is 0 Å². The zero-order valence-corrected chi connectivity index (χ0v) is 38.0. The van der Waals surface area contributed by atoms with Crippen molar-refractivity contribution in [3.05, 3.63) is 12.2 Å². The number of piperazine rings is 1. The first-order valence-corrected chi connectivity index (χ1v) is 24.1. The molecule has 0 amide bonds. The average Bonchev–Trinajstić information content (AvgIpc) is 3.54. The molecule has 1 aliphatic heterocycles. The van der Waals surface area contributed by atoms with Crippen LogP contribution >= 0.6 is 0 Å². The number of carboxylic acids is 1. The summed E-state index contributed by atoms with van der Waals surface area (Å²) < 4.78 is 6.23. The van der Waals surface area contributed by atoms with Crippen molar-refractivity contribution in [1.29, 1.82) is 0 Å². The first-order valence-electron chi connectivity index (χ1n) is 24.1. The largest absolute Gasteiger partial charge is 0.481 e. The molecule has 2 N–H and O–H groups in total. The van der Waals surface area contributed by atoms with E-state index in [1.165, 1.54) is 135 Å². The summed E-state index contributed by atoms with van der Waals surface area (Å²) in [4.78, 5) is 30.4. The van der Waals surface area contributed by atoms with Crippen molar-refractivity contribution in [2.75, 3.05) is 52.4 Å². The van der Waals surface area contributed by atoms with E-state index < -0.39 is 11.4 Å². The molecule has 57 heavy (non-hydrogen) atoms. The number of rotatable bonds is 13. The van der Waals surface area contributed by atoms with Crippen LogP contribution in [0.25, 0.3) is 0 Å². The summed E-state index contributed by atoms with van der Waals surface area (Å²) in [5.41, 5.74) is 1.42. The highest BCUT2D eigenvalue weighted by Crippen LogP contribution is 2.78. The van der Waals surface area contributed by atoms with E-state index in [2.05, 4.69) is 63.2 Å². The number of carboxylic acid groups (broad SMARTS) is 1. The van der Waals surface area contributed by atoms with Gasteiger partial charge >= 0.3 is 11.9 Å². The Morgan fingerprint density at radius 2 is 1.49 bits per heavy atom. The van der Waals surface area contributed by atoms with Crippen LogP contribution < -0.4 is 5.32 Å². The number of hydrogen-bond donors (Lipinski definition) is 2. The van der Waals surface area contributed by atoms with Gasteiger partial charge in [-0.2, -0.15) is 0 Å². The fourth-order valence-corrected chi connectivity index (χ4v) is 16.2. The minimum Gasteiger partial charge on any atom is -0.481 e. The summed E-state index contributed by atoms with van der Waals surface area (Å²) in [6.45, 7) is 32.8. The quantitative estimate of drug-likeness (QED) is 0.109. The molecule has 10 atom stereocenters. The minimum absolute atomic E-state index is 0.0843. The van der Waals surface area contributed by atoms with E-state index in [0.29, 0.717) is 34.0 Å². The first-order chi connectivity index (χ1) is 26.9. The fraction of sp³-hybridized carbons (Fsp3) is 0.920. The highest BCUT2D eigenvalue weighted by molar-refractivity contribution is 5.81. The Morgan fingerprint density at radius 3 is 2.18 bits per heavy atom. The second-order valence-electron chi connectivity index (χ2n) is 23.4. The Morgan fingerprint density at radius 1 is 0.789 bits per heavy atom. The normalized spacial score (nSPS) is 41.3. The molecule has 7 heteroatoms. The van der Waals surface area contributed by atoms with Crippen LogP contribution in [0, 0.1) is 68.0 Å². The third-order valence-electron chi connectivity index (χ3n) is 19.7. The number of nitrogens with one attached hydrogen (secondary N) is 1. The number of fused-ring (bicyclic) bond motifs is 7. The molecule has 7 aliphatic rings. The van der Waals surface area contributed by atoms with Gasteiger partial charge in [0.1, 0.15) is 6.10 Å². The lowest BCUT2D eigenvalue weighted by atomic mass is 9.32. The van der Waals surface area contributed by atoms with E-state index in [0.717, 1.165) is 43.7 Å². The van der Waals surface area contributed by atoms with Gasteiger partial charge in [0.05, 0.1) is 11.8 Å². The fourth-order valence-electron chi connectivity index (χ4n) is 16.2. The minimum atomic E-state index is -1.12. The van der Waals surface area contributed by atoms with Crippen molar-refractivity contribution >= 4 is 11.9 Å². The molecule has 0 aromatic carbocycles. The van der Waals surface area contributed by atoms with Crippen LogP contribution in [-0.4, -0.2) is 85.3 Å². The van der Waals surface area contributed by atoms with Gasteiger partial charge in [-0.25, -0.2) is 0 Å². The van der Waals surface area contributed by atoms with Crippen molar-refractivity contribution in [2.45, 2.75) is 171 Å². The van der Waals surface area contributed by atoms with Gasteiger partial charge in [-0.05, 0) is 168 Å². The Hall–Kier alpha value is -1.44. The first kappa shape index (κ1) is 43.6. The summed E-state index contributed by atoms with van der Waals surface area (Å²) in [6, 6.07) is 0. The SMILES string of the molecule is C=C(C)[C@@H]1CC[C@]2(CCNCCN3CCN(CC4CCCCC4)CC3)CC[C@]3(C)[C@H](CC[C@@H]4[C@@]5(C)CC[C@H](OC(=O)CC(C)(C)C(=O)O)C(C)(C)[C@@H]5CC[C@]43C)[C@@H]12. The number of ether oxygens (including phenoxy) is 1. The molecule has 0 radical (unpaired) electrons. The highest BCUT2D eigenvalue weighted by atomic mass is 16.5. The van der Waals surface area contributed by atoms with Crippen molar-refractivity contribution < 1.29 is 19.4 Å². The van der Waals surface area contributed by atoms with Gasteiger partial charge in [0, 0.05) is 51.2 Å². The molecule has 7 fully saturated rings. The maximum absolute atomic E-state index is 13.2. The summed E-state index contributed by atoms with van der Waals surface area (Å²) in [5, 5.41) is 13.6. The van der Waals surface area contributed by atoms with Crippen LogP contribution in [0.4, 0.5) is 0 Å². The van der Waals surface area contributed by atoms with Crippen molar-refractivity contribution in [3.63, 3.8) is 0 Å². The van der Waals surface area contributed by atoms with Gasteiger partial charge in [0.15, 0.2) is 0 Å². The van der Waals surface area contributed by atoms with Crippen LogP contribution in [0.2, 0.25) is 0 Å². The molecule has 0 aromatic heterocycles. The van der Waals surface area contributed by atoms with Crippen LogP contribution in [0.1, 0.15) is 165 Å². The second kappa shape index (κ2) is 16.4. The molecule has 0 aromatic rings. The van der Waals surface area contributed by atoms with Crippen molar-refractivity contribution in [2.24, 2.45) is 68.0 Å². The standard InChI is InChI=1S/C50H85N3O4/c1-35(2)37-17-22-50(25-26-51-27-28-52-29-31-53(32-30-52)34-36-13-11-10-12-14-36)24-23-48(8)38(43(37)50)15-16-40-47(7)20-19-41(57-42(54)33-45(3,4)44(55)56)46(5,6)39(47)18-21-49(40,48)9/h36-41,43,51H,1,10-34H2,2-9H3,(H,55,56)/t37-,38+,39-,40+,41-,43+,47-,48+,49+,50+/m0/s1. The maximum Gasteiger partial charge on any atom is 0.309 e. The van der Waals surface area contributed by atoms with Gasteiger partial charge in [-0.15, -0.1) is 0 Å². The molecular weight excluding hydrogens is 707 g/mol. The predicted molar refractivity (Wildman–Crippen MR) is 232 cm³/mol. The maximum atomic E-state index is 13.2. The van der Waals surface area contributed by atoms with Crippen LogP contribution in [0.5, 0.6) is 0 Å². The topological polar surface area (TPSA) is 82.1 Å². The Bertz CT molecular complexity index is 1460. The number of aliphatic carboxylic acids is 1. The lowest BCUT2D eigenvalue weighted by molar-refractivity contribution is -0.250. The monoisotopic (exact) mass is 792 g/mol. The number of carbonyl (C=O) groups excluding carboxylic acids is 1. The Labute approximate surface area is 348 Å². The molecule has 0 spiro atoms. The molecule has 7 rings (SSSR count). The smallest absolute Gasteiger partial charge is 0.309 e. The van der Waals surface area contributed by atoms with E-state index in [-0.39, 0.29) is 29.3 Å². The second-order valence-corrected chi connectivity index (χ2v) is 23.4. The number of esters is 1. The molecule has 0 unspecified atom stereocenters. The van der Waals surface area contributed by atoms with E-state index in [1.807, 2.05) is 0 Å². The lowest BCUT2D eigenvalue weighted by Gasteiger charge is -2.73. The van der Waals surface area contributed by atoms with Crippen LogP contribution in [-0.2, 0) is 14.3 Å². The summed E-state index contributed by atoms with van der Waals surface area (Å²) in [5.74, 6) is 2.95. The van der Waals surface area contributed by atoms with Gasteiger partial charge in [0.2, 0.25) is 0 Å². The van der Waals surface area contributed by atoms with Crippen LogP contribution in [0.15, 0.2) is 12.2 Å². The van der Waals surface area contributed by atoms with E-state index in [4.69, 9.17) is 4.74 Å². The third kappa shape index (κ3) is 7.97. The number of hydrogen-bond acceptors (Lipinski definition) is 6. The zero-order valence-electron chi connectivity index (χ0n) is 38.0. The molecule has 324 valence electrons. The molecule has 0 bridgehead atoms. The van der Waals surface area contributed by atoms with E-state index in [1.54, 1.807) is 13.8 Å². The number of nitrogens with zero attached hydrogens (tertiary/aromatic N) is 2. The number of allylic oxidation sites excluding steroid dienone is 1. The van der Waals surface area contributed by atoms with Gasteiger partial charge in [-0.3, -0.25) is 14.5 Å². The van der Waals surface area contributed by atoms with Gasteiger partial charge < -0.3 is 20.1 Å². The van der Waals surface area contributed by atoms with Crippen molar-refractivity contribution in [3.8, 4) is 0 Å². The molecule has 1 heterocycles. The summed E-state index contributed by atoms with van der Waals surface area (Å²) in [7, 11) is 0. The zero-order chi connectivity index (χ0) is 41.0. The molecule has 1 saturated heterocycles. The molecule has 7 nitrogen and oxygen atoms in total. The van der Waals surface area contributed by atoms with Crippen LogP contribution in [0.3, 0.4) is 0 Å². The summed E-state index contributed by atoms with van der Waals surface area (Å²) >= 11 is 0. The molecule has 6 saturated carbocycles. The Kier molecular flexibility index (Phi) is 12.6. The molecular formula is C50H85N3O4.